The van der Waals surface area contributed by atoms with Gasteiger partial charge < -0.3 is 10.1 Å². The number of rotatable bonds is 5. The van der Waals surface area contributed by atoms with Crippen LogP contribution in [-0.2, 0) is 6.54 Å². The van der Waals surface area contributed by atoms with E-state index in [1.807, 2.05) is 13.8 Å². The van der Waals surface area contributed by atoms with E-state index < -0.39 is 11.6 Å². The van der Waals surface area contributed by atoms with Crippen LogP contribution >= 0.6 is 11.6 Å². The third-order valence-corrected chi connectivity index (χ3v) is 2.97. The summed E-state index contributed by atoms with van der Waals surface area (Å²) in [5.41, 5.74) is 0.611. The molecule has 0 bridgehead atoms. The molecule has 1 aromatic carbocycles. The first-order valence-corrected chi connectivity index (χ1v) is 6.84. The molecule has 0 unspecified atom stereocenters. The maximum Gasteiger partial charge on any atom is 0.219 e. The quantitative estimate of drug-likeness (QED) is 0.893. The lowest BCUT2D eigenvalue weighted by Gasteiger charge is -2.11. The van der Waals surface area contributed by atoms with Gasteiger partial charge in [0.25, 0.3) is 0 Å². The molecule has 3 nitrogen and oxygen atoms in total. The van der Waals surface area contributed by atoms with Gasteiger partial charge in [0, 0.05) is 36.9 Å². The van der Waals surface area contributed by atoms with Crippen LogP contribution in [0.3, 0.4) is 0 Å². The second kappa shape index (κ2) is 6.83. The summed E-state index contributed by atoms with van der Waals surface area (Å²) in [5.74, 6) is -1.14. The Balaban J connectivity index is 2.18. The zero-order valence-electron chi connectivity index (χ0n) is 11.7. The van der Waals surface area contributed by atoms with Crippen molar-refractivity contribution in [1.29, 1.82) is 0 Å². The summed E-state index contributed by atoms with van der Waals surface area (Å²) in [5, 5.41) is 3.69. The van der Waals surface area contributed by atoms with Crippen molar-refractivity contribution in [2.45, 2.75) is 26.4 Å². The van der Waals surface area contributed by atoms with Crippen molar-refractivity contribution in [2.24, 2.45) is 0 Å². The minimum absolute atomic E-state index is 0.0464. The molecular formula is C15H15ClF2N2O. The predicted molar refractivity (Wildman–Crippen MR) is 77.7 cm³/mol. The first-order valence-electron chi connectivity index (χ1n) is 6.47. The van der Waals surface area contributed by atoms with Gasteiger partial charge in [0.2, 0.25) is 5.88 Å². The lowest BCUT2D eigenvalue weighted by molar-refractivity contribution is 0.447. The van der Waals surface area contributed by atoms with E-state index in [0.29, 0.717) is 17.3 Å². The van der Waals surface area contributed by atoms with Gasteiger partial charge >= 0.3 is 0 Å². The highest BCUT2D eigenvalue weighted by atomic mass is 35.5. The van der Waals surface area contributed by atoms with E-state index in [0.717, 1.165) is 18.2 Å². The zero-order chi connectivity index (χ0) is 15.4. The zero-order valence-corrected chi connectivity index (χ0v) is 12.4. The fourth-order valence-electron chi connectivity index (χ4n) is 1.65. The Morgan fingerprint density at radius 2 is 1.86 bits per heavy atom. The van der Waals surface area contributed by atoms with Gasteiger partial charge in [-0.3, -0.25) is 0 Å². The highest BCUT2D eigenvalue weighted by Gasteiger charge is 2.08. The van der Waals surface area contributed by atoms with Crippen molar-refractivity contribution in [3.63, 3.8) is 0 Å². The van der Waals surface area contributed by atoms with Crippen LogP contribution in [0.25, 0.3) is 0 Å². The molecule has 0 aliphatic carbocycles. The molecule has 1 aromatic heterocycles. The molecule has 0 saturated heterocycles. The Morgan fingerprint density at radius 1 is 1.19 bits per heavy atom. The number of hydrogen-bond donors (Lipinski definition) is 1. The third-order valence-electron chi connectivity index (χ3n) is 2.63. The molecule has 0 aliphatic rings. The van der Waals surface area contributed by atoms with E-state index in [1.165, 1.54) is 0 Å². The van der Waals surface area contributed by atoms with Crippen LogP contribution in [0, 0.1) is 11.6 Å². The van der Waals surface area contributed by atoms with E-state index in [1.54, 1.807) is 12.1 Å². The second-order valence-corrected chi connectivity index (χ2v) is 5.23. The van der Waals surface area contributed by atoms with Crippen molar-refractivity contribution in [2.75, 3.05) is 0 Å². The summed E-state index contributed by atoms with van der Waals surface area (Å²) in [6, 6.07) is 6.42. The Kier molecular flexibility index (Phi) is 5.09. The molecule has 0 atom stereocenters. The van der Waals surface area contributed by atoms with Gasteiger partial charge in [-0.2, -0.15) is 0 Å². The molecular weight excluding hydrogens is 298 g/mol. The Bertz CT molecular complexity index is 615. The average molecular weight is 313 g/mol. The second-order valence-electron chi connectivity index (χ2n) is 4.82. The minimum atomic E-state index is -0.708. The maximum atomic E-state index is 13.1. The number of nitrogens with one attached hydrogen (secondary N) is 1. The van der Waals surface area contributed by atoms with Crippen LogP contribution in [-0.4, -0.2) is 11.0 Å². The van der Waals surface area contributed by atoms with E-state index in [2.05, 4.69) is 10.3 Å². The van der Waals surface area contributed by atoms with Gasteiger partial charge in [0.1, 0.15) is 17.4 Å². The summed E-state index contributed by atoms with van der Waals surface area (Å²) in [4.78, 5) is 4.24. The smallest absolute Gasteiger partial charge is 0.219 e. The minimum Gasteiger partial charge on any atom is -0.439 e. The van der Waals surface area contributed by atoms with Crippen molar-refractivity contribution in [3.05, 3.63) is 52.7 Å². The molecule has 21 heavy (non-hydrogen) atoms. The SMILES string of the molecule is CC(C)NCc1nc(Oc2cc(F)cc(F)c2)ccc1Cl. The first kappa shape index (κ1) is 15.7. The van der Waals surface area contributed by atoms with Crippen molar-refractivity contribution in [1.82, 2.24) is 10.3 Å². The normalized spacial score (nSPS) is 11.0. The predicted octanol–water partition coefficient (Wildman–Crippen LogP) is 4.30. The number of ether oxygens (including phenoxy) is 1. The maximum absolute atomic E-state index is 13.1. The van der Waals surface area contributed by atoms with Gasteiger partial charge in [0.15, 0.2) is 0 Å². The van der Waals surface area contributed by atoms with Crippen molar-refractivity contribution in [3.8, 4) is 11.6 Å². The number of pyridine rings is 1. The van der Waals surface area contributed by atoms with Crippen LogP contribution < -0.4 is 10.1 Å². The van der Waals surface area contributed by atoms with Crippen LogP contribution in [0.2, 0.25) is 5.02 Å². The van der Waals surface area contributed by atoms with Crippen LogP contribution in [0.1, 0.15) is 19.5 Å². The molecule has 2 rings (SSSR count). The Morgan fingerprint density at radius 3 is 2.48 bits per heavy atom. The van der Waals surface area contributed by atoms with E-state index >= 15 is 0 Å². The Hall–Kier alpha value is -1.72. The van der Waals surface area contributed by atoms with E-state index in [9.17, 15) is 8.78 Å². The summed E-state index contributed by atoms with van der Waals surface area (Å²) in [7, 11) is 0. The molecule has 0 amide bonds. The molecule has 0 radical (unpaired) electrons. The molecule has 112 valence electrons. The summed E-state index contributed by atoms with van der Waals surface area (Å²) >= 11 is 6.06. The van der Waals surface area contributed by atoms with E-state index in [-0.39, 0.29) is 17.7 Å². The number of benzene rings is 1. The van der Waals surface area contributed by atoms with Gasteiger partial charge in [-0.1, -0.05) is 25.4 Å². The molecule has 6 heteroatoms. The average Bonchev–Trinajstić information content (AvgIpc) is 2.38. The van der Waals surface area contributed by atoms with Gasteiger partial charge in [-0.15, -0.1) is 0 Å². The van der Waals surface area contributed by atoms with Crippen LogP contribution in [0.15, 0.2) is 30.3 Å². The lowest BCUT2D eigenvalue weighted by atomic mass is 10.3. The molecule has 1 heterocycles. The van der Waals surface area contributed by atoms with Crippen LogP contribution in [0.5, 0.6) is 11.6 Å². The molecule has 1 N–H and O–H groups in total. The molecule has 0 aliphatic heterocycles. The Labute approximate surface area is 126 Å². The molecule has 0 saturated carbocycles. The van der Waals surface area contributed by atoms with Gasteiger partial charge in [-0.05, 0) is 6.07 Å². The number of nitrogens with zero attached hydrogens (tertiary/aromatic N) is 1. The summed E-state index contributed by atoms with van der Waals surface area (Å²) in [6.45, 7) is 4.48. The monoisotopic (exact) mass is 312 g/mol. The highest BCUT2D eigenvalue weighted by Crippen LogP contribution is 2.24. The number of halogens is 3. The molecule has 0 fully saturated rings. The largest absolute Gasteiger partial charge is 0.439 e. The van der Waals surface area contributed by atoms with E-state index in [4.69, 9.17) is 16.3 Å². The number of aromatic nitrogens is 1. The standard InChI is InChI=1S/C15H15ClF2N2O/c1-9(2)19-8-14-13(16)3-4-15(20-14)21-12-6-10(17)5-11(18)7-12/h3-7,9,19H,8H2,1-2H3. The summed E-state index contributed by atoms with van der Waals surface area (Å²) < 4.78 is 31.6. The fraction of sp³-hybridized carbons (Fsp3) is 0.267. The topological polar surface area (TPSA) is 34.2 Å². The van der Waals surface area contributed by atoms with Gasteiger partial charge in [-0.25, -0.2) is 13.8 Å². The number of hydrogen-bond acceptors (Lipinski definition) is 3. The van der Waals surface area contributed by atoms with Crippen molar-refractivity contribution < 1.29 is 13.5 Å². The molecule has 2 aromatic rings. The van der Waals surface area contributed by atoms with Crippen molar-refractivity contribution >= 4 is 11.6 Å². The fourth-order valence-corrected chi connectivity index (χ4v) is 1.83. The lowest BCUT2D eigenvalue weighted by Crippen LogP contribution is -2.22. The highest BCUT2D eigenvalue weighted by molar-refractivity contribution is 6.31. The first-order chi connectivity index (χ1) is 9.94. The summed E-state index contributed by atoms with van der Waals surface area (Å²) in [6.07, 6.45) is 0. The molecule has 0 spiro atoms. The van der Waals surface area contributed by atoms with Crippen LogP contribution in [0.4, 0.5) is 8.78 Å². The third kappa shape index (κ3) is 4.65. The van der Waals surface area contributed by atoms with Gasteiger partial charge in [0.05, 0.1) is 10.7 Å².